The first-order chi connectivity index (χ1) is 10.6. The molecule has 116 valence electrons. The number of amides is 2. The van der Waals surface area contributed by atoms with Crippen LogP contribution in [0.15, 0.2) is 29.8 Å². The summed E-state index contributed by atoms with van der Waals surface area (Å²) in [6.45, 7) is 3.92. The molecule has 22 heavy (non-hydrogen) atoms. The monoisotopic (exact) mass is 300 g/mol. The molecule has 5 heteroatoms. The van der Waals surface area contributed by atoms with E-state index in [9.17, 15) is 9.59 Å². The molecule has 0 saturated heterocycles. The van der Waals surface area contributed by atoms with Crippen molar-refractivity contribution in [1.29, 1.82) is 5.26 Å². The van der Waals surface area contributed by atoms with Crippen molar-refractivity contribution in [3.63, 3.8) is 0 Å². The number of hydrogen-bond donors (Lipinski definition) is 1. The summed E-state index contributed by atoms with van der Waals surface area (Å²) in [5.74, 6) is -0.768. The minimum Gasteiger partial charge on any atom is -0.450 e. The van der Waals surface area contributed by atoms with Crippen molar-refractivity contribution in [1.82, 2.24) is 5.32 Å². The Balaban J connectivity index is 2.77. The molecule has 0 unspecified atom stereocenters. The second-order valence-corrected chi connectivity index (χ2v) is 4.69. The average Bonchev–Trinajstić information content (AvgIpc) is 2.51. The van der Waals surface area contributed by atoms with Gasteiger partial charge in [0.2, 0.25) is 0 Å². The van der Waals surface area contributed by atoms with Crippen LogP contribution in [0.25, 0.3) is 6.08 Å². The normalized spacial score (nSPS) is 10.7. The Morgan fingerprint density at radius 2 is 1.95 bits per heavy atom. The number of ether oxygens (including phenoxy) is 1. The Hall–Kier alpha value is -2.61. The van der Waals surface area contributed by atoms with Crippen LogP contribution in [0.3, 0.4) is 0 Å². The van der Waals surface area contributed by atoms with Gasteiger partial charge in [0.15, 0.2) is 0 Å². The summed E-state index contributed by atoms with van der Waals surface area (Å²) in [5, 5.41) is 11.0. The largest absolute Gasteiger partial charge is 0.450 e. The highest BCUT2D eigenvalue weighted by Crippen LogP contribution is 2.11. The highest BCUT2D eigenvalue weighted by Gasteiger charge is 2.13. The van der Waals surface area contributed by atoms with Gasteiger partial charge in [-0.2, -0.15) is 5.26 Å². The Kier molecular flexibility index (Phi) is 7.41. The topological polar surface area (TPSA) is 79.2 Å². The van der Waals surface area contributed by atoms with Crippen molar-refractivity contribution >= 4 is 18.1 Å². The van der Waals surface area contributed by atoms with Gasteiger partial charge in [0.25, 0.3) is 5.91 Å². The molecule has 0 heterocycles. The van der Waals surface area contributed by atoms with Crippen LogP contribution < -0.4 is 5.32 Å². The minimum absolute atomic E-state index is 0.144. The van der Waals surface area contributed by atoms with E-state index < -0.39 is 12.0 Å². The number of nitriles is 1. The molecule has 1 rings (SSSR count). The van der Waals surface area contributed by atoms with Gasteiger partial charge in [0.05, 0.1) is 6.61 Å². The minimum atomic E-state index is -0.858. The zero-order valence-corrected chi connectivity index (χ0v) is 12.9. The van der Waals surface area contributed by atoms with E-state index in [4.69, 9.17) is 5.26 Å². The van der Waals surface area contributed by atoms with Crippen molar-refractivity contribution in [3.05, 3.63) is 41.0 Å². The van der Waals surface area contributed by atoms with Crippen LogP contribution in [0.1, 0.15) is 37.8 Å². The first-order valence-corrected chi connectivity index (χ1v) is 7.29. The van der Waals surface area contributed by atoms with Gasteiger partial charge in [-0.05, 0) is 37.0 Å². The zero-order valence-electron chi connectivity index (χ0n) is 12.9. The Bertz CT molecular complexity index is 583. The van der Waals surface area contributed by atoms with Crippen LogP contribution in [0, 0.1) is 11.3 Å². The summed E-state index contributed by atoms with van der Waals surface area (Å²) in [4.78, 5) is 22.9. The summed E-state index contributed by atoms with van der Waals surface area (Å²) in [6, 6.07) is 9.43. The number of imide groups is 1. The third-order valence-corrected chi connectivity index (χ3v) is 2.97. The summed E-state index contributed by atoms with van der Waals surface area (Å²) in [6.07, 6.45) is 3.85. The molecule has 0 bridgehead atoms. The molecule has 0 radical (unpaired) electrons. The molecular formula is C17H20N2O3. The van der Waals surface area contributed by atoms with Gasteiger partial charge in [-0.25, -0.2) is 4.79 Å². The molecular weight excluding hydrogens is 280 g/mol. The second kappa shape index (κ2) is 9.35. The summed E-state index contributed by atoms with van der Waals surface area (Å²) in [5.41, 5.74) is 1.80. The Morgan fingerprint density at radius 3 is 2.50 bits per heavy atom. The SMILES string of the molecule is CCCCc1ccc(/C=C(\C#N)C(=O)NC(=O)OCC)cc1. The molecule has 1 aromatic rings. The fraction of sp³-hybridized carbons (Fsp3) is 0.353. The molecule has 2 amide bonds. The van der Waals surface area contributed by atoms with E-state index in [1.807, 2.05) is 29.6 Å². The number of nitrogens with one attached hydrogen (secondary N) is 1. The molecule has 0 atom stereocenters. The fourth-order valence-electron chi connectivity index (χ4n) is 1.80. The van der Waals surface area contributed by atoms with Gasteiger partial charge in [-0.15, -0.1) is 0 Å². The lowest BCUT2D eigenvalue weighted by Crippen LogP contribution is -2.31. The van der Waals surface area contributed by atoms with Crippen LogP contribution in [0.4, 0.5) is 4.79 Å². The number of carbonyl (C=O) groups is 2. The van der Waals surface area contributed by atoms with E-state index >= 15 is 0 Å². The molecule has 1 N–H and O–H groups in total. The van der Waals surface area contributed by atoms with E-state index in [0.29, 0.717) is 0 Å². The number of aryl methyl sites for hydroxylation is 1. The maximum absolute atomic E-state index is 11.8. The molecule has 1 aromatic carbocycles. The first kappa shape index (κ1) is 17.4. The molecule has 0 aliphatic rings. The zero-order chi connectivity index (χ0) is 16.4. The molecule has 0 spiro atoms. The number of nitrogens with zero attached hydrogens (tertiary/aromatic N) is 1. The average molecular weight is 300 g/mol. The maximum Gasteiger partial charge on any atom is 0.414 e. The van der Waals surface area contributed by atoms with E-state index in [-0.39, 0.29) is 12.2 Å². The van der Waals surface area contributed by atoms with Crippen molar-refractivity contribution < 1.29 is 14.3 Å². The van der Waals surface area contributed by atoms with Crippen molar-refractivity contribution in [3.8, 4) is 6.07 Å². The lowest BCUT2D eigenvalue weighted by molar-refractivity contribution is -0.116. The standard InChI is InChI=1S/C17H20N2O3/c1-3-5-6-13-7-9-14(10-8-13)11-15(12-18)16(20)19-17(21)22-4-2/h7-11H,3-6H2,1-2H3,(H,19,20,21)/b15-11+. The maximum atomic E-state index is 11.8. The predicted molar refractivity (Wildman–Crippen MR) is 83.8 cm³/mol. The quantitative estimate of drug-likeness (QED) is 0.646. The van der Waals surface area contributed by atoms with Crippen LogP contribution in [-0.2, 0) is 16.0 Å². The predicted octanol–water partition coefficient (Wildman–Crippen LogP) is 3.21. The van der Waals surface area contributed by atoms with Crippen LogP contribution >= 0.6 is 0 Å². The summed E-state index contributed by atoms with van der Waals surface area (Å²) < 4.78 is 4.60. The number of rotatable bonds is 6. The third kappa shape index (κ3) is 5.80. The lowest BCUT2D eigenvalue weighted by Gasteiger charge is -2.04. The van der Waals surface area contributed by atoms with E-state index in [2.05, 4.69) is 11.7 Å². The van der Waals surface area contributed by atoms with E-state index in [0.717, 1.165) is 24.8 Å². The molecule has 5 nitrogen and oxygen atoms in total. The number of hydrogen-bond acceptors (Lipinski definition) is 4. The number of unbranched alkanes of at least 4 members (excludes halogenated alkanes) is 1. The van der Waals surface area contributed by atoms with E-state index in [1.54, 1.807) is 13.0 Å². The lowest BCUT2D eigenvalue weighted by atomic mass is 10.0. The number of alkyl carbamates (subject to hydrolysis) is 1. The van der Waals surface area contributed by atoms with E-state index in [1.165, 1.54) is 11.6 Å². The van der Waals surface area contributed by atoms with Gasteiger partial charge < -0.3 is 4.74 Å². The third-order valence-electron chi connectivity index (χ3n) is 2.97. The van der Waals surface area contributed by atoms with Crippen LogP contribution in [0.2, 0.25) is 0 Å². The summed E-state index contributed by atoms with van der Waals surface area (Å²) >= 11 is 0. The Labute approximate surface area is 130 Å². The van der Waals surface area contributed by atoms with Gasteiger partial charge in [0.1, 0.15) is 11.6 Å². The van der Waals surface area contributed by atoms with Crippen LogP contribution in [0.5, 0.6) is 0 Å². The molecule has 0 fully saturated rings. The number of benzene rings is 1. The van der Waals surface area contributed by atoms with Gasteiger partial charge >= 0.3 is 6.09 Å². The number of carbonyl (C=O) groups excluding carboxylic acids is 2. The van der Waals surface area contributed by atoms with Gasteiger partial charge in [-0.1, -0.05) is 37.6 Å². The van der Waals surface area contributed by atoms with Crippen molar-refractivity contribution in [2.45, 2.75) is 33.1 Å². The van der Waals surface area contributed by atoms with Crippen molar-refractivity contribution in [2.24, 2.45) is 0 Å². The summed E-state index contributed by atoms with van der Waals surface area (Å²) in [7, 11) is 0. The highest BCUT2D eigenvalue weighted by atomic mass is 16.5. The highest BCUT2D eigenvalue weighted by molar-refractivity contribution is 6.07. The van der Waals surface area contributed by atoms with Crippen molar-refractivity contribution in [2.75, 3.05) is 6.61 Å². The van der Waals surface area contributed by atoms with Gasteiger partial charge in [0, 0.05) is 0 Å². The smallest absolute Gasteiger partial charge is 0.414 e. The molecule has 0 aliphatic heterocycles. The van der Waals surface area contributed by atoms with Gasteiger partial charge in [-0.3, -0.25) is 10.1 Å². The first-order valence-electron chi connectivity index (χ1n) is 7.29. The fourth-order valence-corrected chi connectivity index (χ4v) is 1.80. The Morgan fingerprint density at radius 1 is 1.27 bits per heavy atom. The molecule has 0 aromatic heterocycles. The second-order valence-electron chi connectivity index (χ2n) is 4.69. The van der Waals surface area contributed by atoms with Crippen LogP contribution in [-0.4, -0.2) is 18.6 Å². The molecule has 0 saturated carbocycles. The molecule has 0 aliphatic carbocycles.